The molecule has 2 heterocycles. The number of rotatable bonds is 4. The van der Waals surface area contributed by atoms with Gasteiger partial charge in [0.15, 0.2) is 5.69 Å². The van der Waals surface area contributed by atoms with Gasteiger partial charge in [-0.1, -0.05) is 23.7 Å². The molecule has 0 aliphatic heterocycles. The third kappa shape index (κ3) is 4.21. The number of alkyl halides is 3. The van der Waals surface area contributed by atoms with Crippen LogP contribution >= 0.6 is 22.9 Å². The number of benzene rings is 1. The molecule has 130 valence electrons. The van der Waals surface area contributed by atoms with E-state index in [2.05, 4.69) is 10.4 Å². The lowest BCUT2D eigenvalue weighted by molar-refractivity contribution is -0.141. The SMILES string of the molecule is O=C(NCc1ccc(-n2ccc(C(F)(F)F)n2)cc1)c1ccc(Cl)s1. The van der Waals surface area contributed by atoms with Gasteiger partial charge in [-0.25, -0.2) is 4.68 Å². The Balaban J connectivity index is 1.64. The Kier molecular flexibility index (Phi) is 4.82. The van der Waals surface area contributed by atoms with Crippen molar-refractivity contribution in [2.45, 2.75) is 12.7 Å². The van der Waals surface area contributed by atoms with Gasteiger partial charge < -0.3 is 5.32 Å². The molecule has 4 nitrogen and oxygen atoms in total. The fraction of sp³-hybridized carbons (Fsp3) is 0.125. The highest BCUT2D eigenvalue weighted by molar-refractivity contribution is 7.17. The zero-order valence-corrected chi connectivity index (χ0v) is 14.1. The smallest absolute Gasteiger partial charge is 0.347 e. The molecule has 3 rings (SSSR count). The van der Waals surface area contributed by atoms with E-state index in [9.17, 15) is 18.0 Å². The minimum atomic E-state index is -4.47. The van der Waals surface area contributed by atoms with E-state index < -0.39 is 11.9 Å². The first-order valence-electron chi connectivity index (χ1n) is 7.08. The van der Waals surface area contributed by atoms with Crippen LogP contribution in [0.25, 0.3) is 5.69 Å². The first-order chi connectivity index (χ1) is 11.8. The van der Waals surface area contributed by atoms with Crippen molar-refractivity contribution in [1.82, 2.24) is 15.1 Å². The van der Waals surface area contributed by atoms with Gasteiger partial charge in [-0.05, 0) is 35.9 Å². The Morgan fingerprint density at radius 1 is 1.16 bits per heavy atom. The number of aromatic nitrogens is 2. The lowest BCUT2D eigenvalue weighted by Crippen LogP contribution is -2.21. The van der Waals surface area contributed by atoms with Crippen LogP contribution in [0.1, 0.15) is 20.9 Å². The van der Waals surface area contributed by atoms with Crippen molar-refractivity contribution < 1.29 is 18.0 Å². The third-order valence-electron chi connectivity index (χ3n) is 3.33. The number of thiophene rings is 1. The Bertz CT molecular complexity index is 887. The molecule has 0 atom stereocenters. The van der Waals surface area contributed by atoms with Crippen LogP contribution in [0.5, 0.6) is 0 Å². The number of nitrogens with zero attached hydrogens (tertiary/aromatic N) is 2. The molecule has 1 N–H and O–H groups in total. The van der Waals surface area contributed by atoms with Crippen molar-refractivity contribution in [3.63, 3.8) is 0 Å². The number of halogens is 4. The summed E-state index contributed by atoms with van der Waals surface area (Å²) in [6.07, 6.45) is -3.22. The molecule has 0 saturated heterocycles. The Labute approximate surface area is 149 Å². The van der Waals surface area contributed by atoms with E-state index in [0.29, 0.717) is 21.4 Å². The van der Waals surface area contributed by atoms with Crippen LogP contribution < -0.4 is 5.32 Å². The second-order valence-corrected chi connectivity index (χ2v) is 6.81. The minimum Gasteiger partial charge on any atom is -0.347 e. The van der Waals surface area contributed by atoms with Crippen LogP contribution in [0.4, 0.5) is 13.2 Å². The monoisotopic (exact) mass is 385 g/mol. The number of hydrogen-bond donors (Lipinski definition) is 1. The standard InChI is InChI=1S/C16H11ClF3N3OS/c17-14-6-5-12(25-14)15(24)21-9-10-1-3-11(4-2-10)23-8-7-13(22-23)16(18,19)20/h1-8H,9H2,(H,21,24). The first kappa shape index (κ1) is 17.5. The number of nitrogens with one attached hydrogen (secondary N) is 1. The molecule has 25 heavy (non-hydrogen) atoms. The quantitative estimate of drug-likeness (QED) is 0.717. The summed E-state index contributed by atoms with van der Waals surface area (Å²) < 4.78 is 39.4. The zero-order valence-electron chi connectivity index (χ0n) is 12.5. The normalized spacial score (nSPS) is 11.5. The molecule has 0 fully saturated rings. The average molecular weight is 386 g/mol. The number of carbonyl (C=O) groups is 1. The first-order valence-corrected chi connectivity index (χ1v) is 8.28. The summed E-state index contributed by atoms with van der Waals surface area (Å²) in [5.41, 5.74) is 0.358. The largest absolute Gasteiger partial charge is 0.435 e. The van der Waals surface area contributed by atoms with E-state index in [1.54, 1.807) is 36.4 Å². The molecule has 2 aromatic heterocycles. The van der Waals surface area contributed by atoms with Gasteiger partial charge in [0.2, 0.25) is 0 Å². The van der Waals surface area contributed by atoms with Crippen molar-refractivity contribution >= 4 is 28.8 Å². The Morgan fingerprint density at radius 2 is 1.88 bits per heavy atom. The van der Waals surface area contributed by atoms with E-state index in [4.69, 9.17) is 11.6 Å². The van der Waals surface area contributed by atoms with Crippen LogP contribution in [0.3, 0.4) is 0 Å². The molecule has 3 aromatic rings. The van der Waals surface area contributed by atoms with E-state index in [0.717, 1.165) is 16.3 Å². The summed E-state index contributed by atoms with van der Waals surface area (Å²) in [5, 5.41) is 6.26. The predicted molar refractivity (Wildman–Crippen MR) is 89.1 cm³/mol. The summed E-state index contributed by atoms with van der Waals surface area (Å²) in [4.78, 5) is 12.4. The molecule has 0 spiro atoms. The summed E-state index contributed by atoms with van der Waals surface area (Å²) in [6, 6.07) is 10.9. The lowest BCUT2D eigenvalue weighted by atomic mass is 10.2. The van der Waals surface area contributed by atoms with E-state index >= 15 is 0 Å². The molecule has 1 amide bonds. The van der Waals surface area contributed by atoms with Crippen molar-refractivity contribution in [3.8, 4) is 5.69 Å². The topological polar surface area (TPSA) is 46.9 Å². The number of carbonyl (C=O) groups excluding carboxylic acids is 1. The zero-order chi connectivity index (χ0) is 18.0. The van der Waals surface area contributed by atoms with Crippen LogP contribution in [-0.2, 0) is 12.7 Å². The molecule has 1 aromatic carbocycles. The van der Waals surface area contributed by atoms with E-state index in [1.807, 2.05) is 0 Å². The molecule has 0 unspecified atom stereocenters. The molecule has 0 radical (unpaired) electrons. The fourth-order valence-corrected chi connectivity index (χ4v) is 3.05. The summed E-state index contributed by atoms with van der Waals surface area (Å²) in [7, 11) is 0. The fourth-order valence-electron chi connectivity index (χ4n) is 2.09. The van der Waals surface area contributed by atoms with Gasteiger partial charge >= 0.3 is 6.18 Å². The molecule has 0 bridgehead atoms. The molecule has 0 aliphatic rings. The van der Waals surface area contributed by atoms with Crippen LogP contribution in [-0.4, -0.2) is 15.7 Å². The van der Waals surface area contributed by atoms with E-state index in [1.165, 1.54) is 17.5 Å². The van der Waals surface area contributed by atoms with Gasteiger partial charge in [0.1, 0.15) is 0 Å². The average Bonchev–Trinajstić information content (AvgIpc) is 3.22. The number of hydrogen-bond acceptors (Lipinski definition) is 3. The maximum absolute atomic E-state index is 12.6. The van der Waals surface area contributed by atoms with Crippen molar-refractivity contribution in [2.75, 3.05) is 0 Å². The van der Waals surface area contributed by atoms with Crippen LogP contribution in [0, 0.1) is 0 Å². The predicted octanol–water partition coefficient (Wildman–Crippen LogP) is 4.54. The minimum absolute atomic E-state index is 0.233. The second kappa shape index (κ2) is 6.89. The summed E-state index contributed by atoms with van der Waals surface area (Å²) in [6.45, 7) is 0.293. The molecule has 0 saturated carbocycles. The maximum Gasteiger partial charge on any atom is 0.435 e. The third-order valence-corrected chi connectivity index (χ3v) is 4.56. The van der Waals surface area contributed by atoms with E-state index in [-0.39, 0.29) is 5.91 Å². The number of amides is 1. The highest BCUT2D eigenvalue weighted by Gasteiger charge is 2.33. The Morgan fingerprint density at radius 3 is 2.44 bits per heavy atom. The molecular formula is C16H11ClF3N3OS. The van der Waals surface area contributed by atoms with Gasteiger partial charge in [0, 0.05) is 12.7 Å². The van der Waals surface area contributed by atoms with Crippen LogP contribution in [0.2, 0.25) is 4.34 Å². The van der Waals surface area contributed by atoms with Gasteiger partial charge in [0.25, 0.3) is 5.91 Å². The van der Waals surface area contributed by atoms with Crippen molar-refractivity contribution in [2.24, 2.45) is 0 Å². The highest BCUT2D eigenvalue weighted by atomic mass is 35.5. The molecular weight excluding hydrogens is 375 g/mol. The molecule has 0 aliphatic carbocycles. The van der Waals surface area contributed by atoms with Crippen molar-refractivity contribution in [3.05, 3.63) is 69.1 Å². The van der Waals surface area contributed by atoms with Crippen molar-refractivity contribution in [1.29, 1.82) is 0 Å². The Hall–Kier alpha value is -2.32. The maximum atomic E-state index is 12.6. The van der Waals surface area contributed by atoms with Crippen LogP contribution in [0.15, 0.2) is 48.7 Å². The van der Waals surface area contributed by atoms with Gasteiger partial charge in [-0.15, -0.1) is 11.3 Å². The lowest BCUT2D eigenvalue weighted by Gasteiger charge is -2.06. The molecule has 9 heteroatoms. The van der Waals surface area contributed by atoms with Gasteiger partial charge in [-0.3, -0.25) is 4.79 Å². The highest BCUT2D eigenvalue weighted by Crippen LogP contribution is 2.28. The van der Waals surface area contributed by atoms with Gasteiger partial charge in [-0.2, -0.15) is 18.3 Å². The second-order valence-electron chi connectivity index (χ2n) is 5.10. The van der Waals surface area contributed by atoms with Gasteiger partial charge in [0.05, 0.1) is 14.9 Å². The summed E-state index contributed by atoms with van der Waals surface area (Å²) in [5.74, 6) is -0.233. The summed E-state index contributed by atoms with van der Waals surface area (Å²) >= 11 is 6.97.